The zero-order valence-electron chi connectivity index (χ0n) is 9.91. The van der Waals surface area contributed by atoms with Gasteiger partial charge in [0.25, 0.3) is 0 Å². The molecule has 1 heterocycles. The Kier molecular flexibility index (Phi) is 3.90. The van der Waals surface area contributed by atoms with Gasteiger partial charge in [0.05, 0.1) is 9.20 Å². The van der Waals surface area contributed by atoms with Crippen molar-refractivity contribution in [3.8, 4) is 0 Å². The molecule has 0 bridgehead atoms. The molecule has 0 aromatic carbocycles. The van der Waals surface area contributed by atoms with Crippen LogP contribution < -0.4 is 5.73 Å². The maximum absolute atomic E-state index is 12.3. The van der Waals surface area contributed by atoms with Crippen LogP contribution in [0.1, 0.15) is 24.8 Å². The Hall–Kier alpha value is -0.390. The van der Waals surface area contributed by atoms with Crippen molar-refractivity contribution in [1.82, 2.24) is 4.90 Å². The Labute approximate surface area is 114 Å². The lowest BCUT2D eigenvalue weighted by Gasteiger charge is -2.41. The maximum atomic E-state index is 12.3. The first-order valence-electron chi connectivity index (χ1n) is 5.76. The predicted molar refractivity (Wildman–Crippen MR) is 73.8 cm³/mol. The summed E-state index contributed by atoms with van der Waals surface area (Å²) < 4.78 is 1.10. The van der Waals surface area contributed by atoms with Crippen molar-refractivity contribution in [3.63, 3.8) is 0 Å². The summed E-state index contributed by atoms with van der Waals surface area (Å²) in [5, 5.41) is 2.07. The second-order valence-electron chi connectivity index (χ2n) is 4.76. The van der Waals surface area contributed by atoms with E-state index < -0.39 is 0 Å². The van der Waals surface area contributed by atoms with Crippen molar-refractivity contribution < 1.29 is 4.79 Å². The summed E-state index contributed by atoms with van der Waals surface area (Å²) >= 11 is 5.08. The fourth-order valence-corrected chi connectivity index (χ4v) is 3.49. The third-order valence-electron chi connectivity index (χ3n) is 3.54. The lowest BCUT2D eigenvalue weighted by molar-refractivity contribution is -0.145. The molecule has 1 saturated carbocycles. The van der Waals surface area contributed by atoms with Gasteiger partial charge in [0, 0.05) is 20.1 Å². The Morgan fingerprint density at radius 2 is 2.35 bits per heavy atom. The SMILES string of the molecule is CN(Cc1csc(Br)c1)C(=O)C1(CN)CCC1. The molecule has 1 aliphatic carbocycles. The lowest BCUT2D eigenvalue weighted by atomic mass is 9.68. The molecule has 1 fully saturated rings. The topological polar surface area (TPSA) is 46.3 Å². The van der Waals surface area contributed by atoms with Crippen molar-refractivity contribution in [1.29, 1.82) is 0 Å². The van der Waals surface area contributed by atoms with Crippen LogP contribution in [-0.2, 0) is 11.3 Å². The average molecular weight is 317 g/mol. The van der Waals surface area contributed by atoms with Crippen molar-refractivity contribution in [2.75, 3.05) is 13.6 Å². The van der Waals surface area contributed by atoms with Gasteiger partial charge in [0.1, 0.15) is 0 Å². The Morgan fingerprint density at radius 1 is 1.65 bits per heavy atom. The number of nitrogens with two attached hydrogens (primary N) is 1. The fourth-order valence-electron chi connectivity index (χ4n) is 2.29. The monoisotopic (exact) mass is 316 g/mol. The fraction of sp³-hybridized carbons (Fsp3) is 0.583. The van der Waals surface area contributed by atoms with E-state index in [1.165, 1.54) is 5.56 Å². The molecule has 0 aliphatic heterocycles. The van der Waals surface area contributed by atoms with Crippen molar-refractivity contribution in [2.24, 2.45) is 11.1 Å². The van der Waals surface area contributed by atoms with Crippen molar-refractivity contribution in [2.45, 2.75) is 25.8 Å². The van der Waals surface area contributed by atoms with Gasteiger partial charge in [-0.2, -0.15) is 0 Å². The normalized spacial score (nSPS) is 17.6. The molecule has 2 rings (SSSR count). The molecule has 17 heavy (non-hydrogen) atoms. The third-order valence-corrected chi connectivity index (χ3v) is 5.10. The summed E-state index contributed by atoms with van der Waals surface area (Å²) in [6.07, 6.45) is 3.01. The molecule has 5 heteroatoms. The van der Waals surface area contributed by atoms with Crippen molar-refractivity contribution >= 4 is 33.2 Å². The van der Waals surface area contributed by atoms with Crippen molar-refractivity contribution in [3.05, 3.63) is 20.8 Å². The second kappa shape index (κ2) is 5.08. The number of thiophene rings is 1. The molecule has 0 spiro atoms. The smallest absolute Gasteiger partial charge is 0.230 e. The van der Waals surface area contributed by atoms with Gasteiger partial charge in [-0.05, 0) is 45.8 Å². The molecule has 0 radical (unpaired) electrons. The number of nitrogens with zero attached hydrogens (tertiary/aromatic N) is 1. The molecule has 0 saturated heterocycles. The number of rotatable bonds is 4. The molecular weight excluding hydrogens is 300 g/mol. The molecule has 1 aromatic rings. The van der Waals surface area contributed by atoms with E-state index >= 15 is 0 Å². The van der Waals surface area contributed by atoms with Crippen LogP contribution in [0.5, 0.6) is 0 Å². The Bertz CT molecular complexity index is 409. The first-order valence-corrected chi connectivity index (χ1v) is 7.43. The van der Waals surface area contributed by atoms with Crippen LogP contribution in [0.4, 0.5) is 0 Å². The Morgan fingerprint density at radius 3 is 2.76 bits per heavy atom. The summed E-state index contributed by atoms with van der Waals surface area (Å²) in [5.74, 6) is 0.202. The van der Waals surface area contributed by atoms with Gasteiger partial charge in [-0.3, -0.25) is 4.79 Å². The minimum absolute atomic E-state index is 0.202. The largest absolute Gasteiger partial charge is 0.341 e. The van der Waals surface area contributed by atoms with Gasteiger partial charge in [-0.1, -0.05) is 6.42 Å². The van der Waals surface area contributed by atoms with E-state index in [4.69, 9.17) is 5.73 Å². The van der Waals surface area contributed by atoms with Gasteiger partial charge < -0.3 is 10.6 Å². The van der Waals surface area contributed by atoms with E-state index in [2.05, 4.69) is 27.4 Å². The van der Waals surface area contributed by atoms with Crippen LogP contribution in [0, 0.1) is 5.41 Å². The van der Waals surface area contributed by atoms with Gasteiger partial charge in [0.15, 0.2) is 0 Å². The molecule has 0 atom stereocenters. The molecular formula is C12H17BrN2OS. The maximum Gasteiger partial charge on any atom is 0.230 e. The summed E-state index contributed by atoms with van der Waals surface area (Å²) in [6, 6.07) is 2.06. The first-order chi connectivity index (χ1) is 8.07. The standard InChI is InChI=1S/C12H17BrN2OS/c1-15(6-9-5-10(13)17-7-9)11(16)12(8-14)3-2-4-12/h5,7H,2-4,6,8,14H2,1H3. The number of halogens is 1. The van der Waals surface area contributed by atoms with Crippen LogP contribution >= 0.6 is 27.3 Å². The number of hydrogen-bond donors (Lipinski definition) is 1. The van der Waals surface area contributed by atoms with Crippen LogP contribution in [-0.4, -0.2) is 24.4 Å². The quantitative estimate of drug-likeness (QED) is 0.928. The third kappa shape index (κ3) is 2.56. The molecule has 0 unspecified atom stereocenters. The summed E-state index contributed by atoms with van der Waals surface area (Å²) in [4.78, 5) is 14.1. The first kappa shape index (κ1) is 13.1. The van der Waals surface area contributed by atoms with Gasteiger partial charge in [-0.25, -0.2) is 0 Å². The molecule has 1 aromatic heterocycles. The average Bonchev–Trinajstić information content (AvgIpc) is 2.63. The van der Waals surface area contributed by atoms with E-state index in [1.54, 1.807) is 16.2 Å². The molecule has 94 valence electrons. The molecule has 3 nitrogen and oxygen atoms in total. The van der Waals surface area contributed by atoms with Crippen LogP contribution in [0.15, 0.2) is 15.2 Å². The summed E-state index contributed by atoms with van der Waals surface area (Å²) in [6.45, 7) is 1.15. The number of amides is 1. The molecule has 2 N–H and O–H groups in total. The zero-order valence-corrected chi connectivity index (χ0v) is 12.3. The Balaban J connectivity index is 2.00. The van der Waals surface area contributed by atoms with E-state index in [-0.39, 0.29) is 11.3 Å². The zero-order chi connectivity index (χ0) is 12.5. The highest BCUT2D eigenvalue weighted by Crippen LogP contribution is 2.41. The minimum Gasteiger partial charge on any atom is -0.341 e. The van der Waals surface area contributed by atoms with Crippen LogP contribution in [0.3, 0.4) is 0 Å². The second-order valence-corrected chi connectivity index (χ2v) is 7.05. The summed E-state index contributed by atoms with van der Waals surface area (Å²) in [5.41, 5.74) is 6.66. The van der Waals surface area contributed by atoms with Gasteiger partial charge in [-0.15, -0.1) is 11.3 Å². The highest BCUT2D eigenvalue weighted by Gasteiger charge is 2.44. The van der Waals surface area contributed by atoms with E-state index in [1.807, 2.05) is 7.05 Å². The van der Waals surface area contributed by atoms with Gasteiger partial charge in [0.2, 0.25) is 5.91 Å². The number of hydrogen-bond acceptors (Lipinski definition) is 3. The molecule has 1 aliphatic rings. The number of carbonyl (C=O) groups is 1. The lowest BCUT2D eigenvalue weighted by Crippen LogP contribution is -2.50. The van der Waals surface area contributed by atoms with Crippen LogP contribution in [0.25, 0.3) is 0 Å². The highest BCUT2D eigenvalue weighted by atomic mass is 79.9. The minimum atomic E-state index is -0.262. The number of carbonyl (C=O) groups excluding carboxylic acids is 1. The summed E-state index contributed by atoms with van der Waals surface area (Å²) in [7, 11) is 1.86. The van der Waals surface area contributed by atoms with Crippen LogP contribution in [0.2, 0.25) is 0 Å². The molecule has 1 amide bonds. The van der Waals surface area contributed by atoms with E-state index in [0.29, 0.717) is 13.1 Å². The van der Waals surface area contributed by atoms with E-state index in [0.717, 1.165) is 23.0 Å². The highest BCUT2D eigenvalue weighted by molar-refractivity contribution is 9.11. The van der Waals surface area contributed by atoms with E-state index in [9.17, 15) is 4.79 Å². The predicted octanol–water partition coefficient (Wildman–Crippen LogP) is 2.60. The van der Waals surface area contributed by atoms with Gasteiger partial charge >= 0.3 is 0 Å².